The number of hydrogen-bond acceptors (Lipinski definition) is 3. The molecule has 1 heterocycles. The summed E-state index contributed by atoms with van der Waals surface area (Å²) in [6.07, 6.45) is 0. The Balaban J connectivity index is 1.82. The fourth-order valence-electron chi connectivity index (χ4n) is 2.00. The molecule has 0 aliphatic carbocycles. The monoisotopic (exact) mass is 279 g/mol. The third-order valence-corrected chi connectivity index (χ3v) is 2.91. The SMILES string of the molecule is CC(=O)Nc1cccc(C#Cc2ccc3c(c2)OCO3)c1. The van der Waals surface area contributed by atoms with Gasteiger partial charge in [0.2, 0.25) is 12.7 Å². The third-order valence-electron chi connectivity index (χ3n) is 2.91. The van der Waals surface area contributed by atoms with Crippen molar-refractivity contribution in [3.63, 3.8) is 0 Å². The van der Waals surface area contributed by atoms with E-state index in [-0.39, 0.29) is 12.7 Å². The summed E-state index contributed by atoms with van der Waals surface area (Å²) in [7, 11) is 0. The minimum absolute atomic E-state index is 0.101. The molecule has 0 atom stereocenters. The predicted octanol–water partition coefficient (Wildman–Crippen LogP) is 2.77. The van der Waals surface area contributed by atoms with Gasteiger partial charge in [-0.05, 0) is 36.4 Å². The maximum Gasteiger partial charge on any atom is 0.231 e. The third kappa shape index (κ3) is 3.15. The minimum atomic E-state index is -0.101. The van der Waals surface area contributed by atoms with Gasteiger partial charge in [-0.3, -0.25) is 4.79 Å². The zero-order valence-corrected chi connectivity index (χ0v) is 11.5. The second-order valence-electron chi connectivity index (χ2n) is 4.58. The van der Waals surface area contributed by atoms with Crippen LogP contribution in [0, 0.1) is 11.8 Å². The van der Waals surface area contributed by atoms with Crippen LogP contribution in [0.4, 0.5) is 5.69 Å². The Bertz CT molecular complexity index is 756. The molecule has 1 N–H and O–H groups in total. The van der Waals surface area contributed by atoms with E-state index < -0.39 is 0 Å². The van der Waals surface area contributed by atoms with E-state index in [9.17, 15) is 4.79 Å². The highest BCUT2D eigenvalue weighted by atomic mass is 16.7. The zero-order valence-electron chi connectivity index (χ0n) is 11.5. The Labute approximate surface area is 122 Å². The summed E-state index contributed by atoms with van der Waals surface area (Å²) in [4.78, 5) is 11.0. The fraction of sp³-hybridized carbons (Fsp3) is 0.118. The van der Waals surface area contributed by atoms with Gasteiger partial charge in [0, 0.05) is 23.7 Å². The molecular formula is C17H13NO3. The van der Waals surface area contributed by atoms with E-state index >= 15 is 0 Å². The molecule has 0 fully saturated rings. The van der Waals surface area contributed by atoms with Crippen LogP contribution in [-0.2, 0) is 4.79 Å². The van der Waals surface area contributed by atoms with Gasteiger partial charge < -0.3 is 14.8 Å². The molecule has 2 aromatic rings. The highest BCUT2D eigenvalue weighted by Gasteiger charge is 2.12. The number of amides is 1. The molecule has 104 valence electrons. The van der Waals surface area contributed by atoms with E-state index in [1.807, 2.05) is 42.5 Å². The Morgan fingerprint density at radius 2 is 1.81 bits per heavy atom. The van der Waals surface area contributed by atoms with Crippen molar-refractivity contribution in [2.45, 2.75) is 6.92 Å². The Morgan fingerprint density at radius 3 is 2.62 bits per heavy atom. The summed E-state index contributed by atoms with van der Waals surface area (Å²) in [6.45, 7) is 1.73. The molecule has 1 aliphatic heterocycles. The molecule has 3 rings (SSSR count). The number of rotatable bonds is 1. The van der Waals surface area contributed by atoms with Gasteiger partial charge in [0.05, 0.1) is 0 Å². The van der Waals surface area contributed by atoms with Crippen LogP contribution in [0.3, 0.4) is 0 Å². The quantitative estimate of drug-likeness (QED) is 0.817. The first kappa shape index (κ1) is 13.1. The van der Waals surface area contributed by atoms with Crippen molar-refractivity contribution < 1.29 is 14.3 Å². The normalized spacial score (nSPS) is 11.5. The van der Waals surface area contributed by atoms with Crippen LogP contribution in [0.25, 0.3) is 0 Å². The lowest BCUT2D eigenvalue weighted by Crippen LogP contribution is -2.05. The van der Waals surface area contributed by atoms with Crippen molar-refractivity contribution in [1.29, 1.82) is 0 Å². The van der Waals surface area contributed by atoms with Gasteiger partial charge in [-0.15, -0.1) is 0 Å². The average Bonchev–Trinajstić information content (AvgIpc) is 2.92. The number of anilines is 1. The van der Waals surface area contributed by atoms with E-state index in [4.69, 9.17) is 9.47 Å². The van der Waals surface area contributed by atoms with E-state index in [0.29, 0.717) is 5.75 Å². The molecule has 1 amide bonds. The smallest absolute Gasteiger partial charge is 0.231 e. The summed E-state index contributed by atoms with van der Waals surface area (Å²) in [5.41, 5.74) is 2.42. The van der Waals surface area contributed by atoms with E-state index in [1.165, 1.54) is 6.92 Å². The molecule has 1 aliphatic rings. The van der Waals surface area contributed by atoms with Crippen LogP contribution < -0.4 is 14.8 Å². The number of carbonyl (C=O) groups is 1. The van der Waals surface area contributed by atoms with Gasteiger partial charge in [0.25, 0.3) is 0 Å². The lowest BCUT2D eigenvalue weighted by Gasteiger charge is -2.01. The number of carbonyl (C=O) groups excluding carboxylic acids is 1. The van der Waals surface area contributed by atoms with E-state index in [2.05, 4.69) is 17.2 Å². The number of ether oxygens (including phenoxy) is 2. The first-order chi connectivity index (χ1) is 10.2. The second-order valence-corrected chi connectivity index (χ2v) is 4.58. The summed E-state index contributed by atoms with van der Waals surface area (Å²) in [5.74, 6) is 7.50. The predicted molar refractivity (Wildman–Crippen MR) is 79.3 cm³/mol. The maximum atomic E-state index is 11.0. The molecule has 0 spiro atoms. The summed E-state index contributed by atoms with van der Waals surface area (Å²) in [6, 6.07) is 13.0. The summed E-state index contributed by atoms with van der Waals surface area (Å²) >= 11 is 0. The van der Waals surface area contributed by atoms with Gasteiger partial charge in [-0.25, -0.2) is 0 Å². The summed E-state index contributed by atoms with van der Waals surface area (Å²) < 4.78 is 10.6. The molecule has 0 aromatic heterocycles. The molecule has 0 bridgehead atoms. The van der Waals surface area contributed by atoms with Crippen molar-refractivity contribution >= 4 is 11.6 Å². The Hall–Kier alpha value is -2.93. The molecule has 0 saturated carbocycles. The van der Waals surface area contributed by atoms with Crippen molar-refractivity contribution in [3.8, 4) is 23.3 Å². The van der Waals surface area contributed by atoms with Crippen molar-refractivity contribution in [1.82, 2.24) is 0 Å². The second kappa shape index (κ2) is 5.59. The fourth-order valence-corrected chi connectivity index (χ4v) is 2.00. The molecular weight excluding hydrogens is 266 g/mol. The summed E-state index contributed by atoms with van der Waals surface area (Å²) in [5, 5.41) is 2.73. The number of hydrogen-bond donors (Lipinski definition) is 1. The van der Waals surface area contributed by atoms with Gasteiger partial charge in [-0.2, -0.15) is 0 Å². The first-order valence-electron chi connectivity index (χ1n) is 6.50. The number of benzene rings is 2. The highest BCUT2D eigenvalue weighted by molar-refractivity contribution is 5.88. The Morgan fingerprint density at radius 1 is 1.05 bits per heavy atom. The molecule has 0 saturated heterocycles. The van der Waals surface area contributed by atoms with Gasteiger partial charge in [0.15, 0.2) is 11.5 Å². The molecule has 4 heteroatoms. The number of fused-ring (bicyclic) bond motifs is 1. The molecule has 0 unspecified atom stereocenters. The van der Waals surface area contributed by atoms with Gasteiger partial charge in [-0.1, -0.05) is 17.9 Å². The maximum absolute atomic E-state index is 11.0. The van der Waals surface area contributed by atoms with Crippen LogP contribution in [0.5, 0.6) is 11.5 Å². The van der Waals surface area contributed by atoms with Crippen molar-refractivity contribution in [2.75, 3.05) is 12.1 Å². The van der Waals surface area contributed by atoms with Gasteiger partial charge in [0.1, 0.15) is 0 Å². The largest absolute Gasteiger partial charge is 0.454 e. The standard InChI is InChI=1S/C17H13NO3/c1-12(19)18-15-4-2-3-13(9-15)5-6-14-7-8-16-17(10-14)21-11-20-16/h2-4,7-10H,11H2,1H3,(H,18,19). The highest BCUT2D eigenvalue weighted by Crippen LogP contribution is 2.32. The molecule has 2 aromatic carbocycles. The van der Waals surface area contributed by atoms with E-state index in [1.54, 1.807) is 0 Å². The van der Waals surface area contributed by atoms with Crippen LogP contribution in [0.15, 0.2) is 42.5 Å². The van der Waals surface area contributed by atoms with Crippen LogP contribution in [0.2, 0.25) is 0 Å². The van der Waals surface area contributed by atoms with E-state index in [0.717, 1.165) is 22.6 Å². The van der Waals surface area contributed by atoms with Crippen LogP contribution >= 0.6 is 0 Å². The van der Waals surface area contributed by atoms with Crippen LogP contribution in [-0.4, -0.2) is 12.7 Å². The first-order valence-corrected chi connectivity index (χ1v) is 6.50. The topological polar surface area (TPSA) is 47.6 Å². The average molecular weight is 279 g/mol. The minimum Gasteiger partial charge on any atom is -0.454 e. The van der Waals surface area contributed by atoms with Gasteiger partial charge >= 0.3 is 0 Å². The lowest BCUT2D eigenvalue weighted by molar-refractivity contribution is -0.114. The number of nitrogens with one attached hydrogen (secondary N) is 1. The van der Waals surface area contributed by atoms with Crippen molar-refractivity contribution in [3.05, 3.63) is 53.6 Å². The molecule has 21 heavy (non-hydrogen) atoms. The molecule has 4 nitrogen and oxygen atoms in total. The zero-order chi connectivity index (χ0) is 14.7. The Kier molecular flexibility index (Phi) is 3.48. The van der Waals surface area contributed by atoms with Crippen molar-refractivity contribution in [2.24, 2.45) is 0 Å². The lowest BCUT2D eigenvalue weighted by atomic mass is 10.1. The molecule has 0 radical (unpaired) electrons. The van der Waals surface area contributed by atoms with Crippen LogP contribution in [0.1, 0.15) is 18.1 Å².